The molecule has 0 aliphatic carbocycles. The van der Waals surface area contributed by atoms with Crippen LogP contribution in [0.5, 0.6) is 0 Å². The molecule has 1 N–H and O–H groups in total. The van der Waals surface area contributed by atoms with E-state index < -0.39 is 0 Å². The number of nitrogens with zero attached hydrogens (tertiary/aromatic N) is 1. The summed E-state index contributed by atoms with van der Waals surface area (Å²) in [6.07, 6.45) is 0. The zero-order chi connectivity index (χ0) is 11.9. The van der Waals surface area contributed by atoms with Gasteiger partial charge in [0.15, 0.2) is 0 Å². The SMILES string of the molecule is CC(=O)N1CC(C)(C)Nc2cccc(Cl)c21. The molecule has 0 unspecified atom stereocenters. The van der Waals surface area contributed by atoms with E-state index in [2.05, 4.69) is 19.2 Å². The van der Waals surface area contributed by atoms with Crippen molar-refractivity contribution in [2.24, 2.45) is 0 Å². The fourth-order valence-electron chi connectivity index (χ4n) is 2.04. The normalized spacial score (nSPS) is 17.6. The Morgan fingerprint density at radius 3 is 2.81 bits per heavy atom. The molecule has 2 rings (SSSR count). The van der Waals surface area contributed by atoms with Crippen molar-refractivity contribution >= 4 is 28.9 Å². The van der Waals surface area contributed by atoms with E-state index in [1.165, 1.54) is 0 Å². The molecule has 1 amide bonds. The molecule has 1 aliphatic rings. The molecule has 0 saturated heterocycles. The smallest absolute Gasteiger partial charge is 0.224 e. The number of anilines is 2. The Balaban J connectivity index is 2.56. The molecule has 1 aromatic carbocycles. The lowest BCUT2D eigenvalue weighted by molar-refractivity contribution is -0.116. The lowest BCUT2D eigenvalue weighted by Gasteiger charge is -2.40. The van der Waals surface area contributed by atoms with Crippen LogP contribution in [0, 0.1) is 0 Å². The van der Waals surface area contributed by atoms with E-state index in [-0.39, 0.29) is 11.4 Å². The van der Waals surface area contributed by atoms with E-state index >= 15 is 0 Å². The van der Waals surface area contributed by atoms with Gasteiger partial charge in [0.05, 0.1) is 16.4 Å². The van der Waals surface area contributed by atoms with Crippen LogP contribution in [-0.4, -0.2) is 18.0 Å². The summed E-state index contributed by atoms with van der Waals surface area (Å²) >= 11 is 6.14. The summed E-state index contributed by atoms with van der Waals surface area (Å²) in [5.74, 6) is 0.0175. The monoisotopic (exact) mass is 238 g/mol. The number of hydrogen-bond acceptors (Lipinski definition) is 2. The van der Waals surface area contributed by atoms with E-state index in [4.69, 9.17) is 11.6 Å². The summed E-state index contributed by atoms with van der Waals surface area (Å²) in [7, 11) is 0. The number of amides is 1. The van der Waals surface area contributed by atoms with Crippen LogP contribution < -0.4 is 10.2 Å². The van der Waals surface area contributed by atoms with Crippen molar-refractivity contribution < 1.29 is 4.79 Å². The molecule has 86 valence electrons. The highest BCUT2D eigenvalue weighted by Crippen LogP contribution is 2.39. The van der Waals surface area contributed by atoms with Gasteiger partial charge in [-0.05, 0) is 26.0 Å². The van der Waals surface area contributed by atoms with Crippen molar-refractivity contribution in [2.45, 2.75) is 26.3 Å². The highest BCUT2D eigenvalue weighted by Gasteiger charge is 2.32. The van der Waals surface area contributed by atoms with Crippen molar-refractivity contribution in [3.05, 3.63) is 23.2 Å². The largest absolute Gasteiger partial charge is 0.377 e. The van der Waals surface area contributed by atoms with Crippen LogP contribution >= 0.6 is 11.6 Å². The number of nitrogens with one attached hydrogen (secondary N) is 1. The fourth-order valence-corrected chi connectivity index (χ4v) is 2.31. The second-order valence-electron chi connectivity index (χ2n) is 4.75. The highest BCUT2D eigenvalue weighted by atomic mass is 35.5. The van der Waals surface area contributed by atoms with Gasteiger partial charge < -0.3 is 10.2 Å². The van der Waals surface area contributed by atoms with Gasteiger partial charge in [-0.2, -0.15) is 0 Å². The first-order chi connectivity index (χ1) is 7.41. The Bertz CT molecular complexity index is 443. The van der Waals surface area contributed by atoms with Crippen LogP contribution in [0.4, 0.5) is 11.4 Å². The number of hydrogen-bond donors (Lipinski definition) is 1. The van der Waals surface area contributed by atoms with Gasteiger partial charge in [-0.15, -0.1) is 0 Å². The van der Waals surface area contributed by atoms with E-state index in [1.54, 1.807) is 17.9 Å². The van der Waals surface area contributed by atoms with Crippen LogP contribution in [0.2, 0.25) is 5.02 Å². The second kappa shape index (κ2) is 3.67. The summed E-state index contributed by atoms with van der Waals surface area (Å²) < 4.78 is 0. The van der Waals surface area contributed by atoms with Gasteiger partial charge in [0.25, 0.3) is 0 Å². The van der Waals surface area contributed by atoms with Crippen molar-refractivity contribution in [3.8, 4) is 0 Å². The van der Waals surface area contributed by atoms with Crippen LogP contribution in [0.15, 0.2) is 18.2 Å². The Hall–Kier alpha value is -1.22. The second-order valence-corrected chi connectivity index (χ2v) is 5.16. The standard InChI is InChI=1S/C12H15ClN2O/c1-8(16)15-7-12(2,3)14-10-6-4-5-9(13)11(10)15/h4-6,14H,7H2,1-3H3. The van der Waals surface area contributed by atoms with E-state index in [9.17, 15) is 4.79 Å². The lowest BCUT2D eigenvalue weighted by Crippen LogP contribution is -2.50. The van der Waals surface area contributed by atoms with Crippen LogP contribution in [0.3, 0.4) is 0 Å². The minimum atomic E-state index is -0.136. The molecular weight excluding hydrogens is 224 g/mol. The predicted octanol–water partition coefficient (Wildman–Crippen LogP) is 2.90. The van der Waals surface area contributed by atoms with E-state index in [1.807, 2.05) is 12.1 Å². The number of carbonyl (C=O) groups is 1. The molecule has 1 heterocycles. The lowest BCUT2D eigenvalue weighted by atomic mass is 9.99. The number of carbonyl (C=O) groups excluding carboxylic acids is 1. The maximum Gasteiger partial charge on any atom is 0.224 e. The first-order valence-corrected chi connectivity index (χ1v) is 5.63. The van der Waals surface area contributed by atoms with Crippen molar-refractivity contribution in [2.75, 3.05) is 16.8 Å². The summed E-state index contributed by atoms with van der Waals surface area (Å²) in [6.45, 7) is 6.31. The maximum absolute atomic E-state index is 11.6. The average Bonchev–Trinajstić information content (AvgIpc) is 2.14. The zero-order valence-corrected chi connectivity index (χ0v) is 10.4. The summed E-state index contributed by atoms with van der Waals surface area (Å²) in [6, 6.07) is 5.63. The Labute approximate surface area is 100 Å². The molecule has 0 bridgehead atoms. The molecule has 1 aliphatic heterocycles. The molecule has 1 aromatic rings. The molecule has 0 saturated carbocycles. The fraction of sp³-hybridized carbons (Fsp3) is 0.417. The minimum absolute atomic E-state index is 0.0175. The number of halogens is 1. The van der Waals surface area contributed by atoms with Gasteiger partial charge in [-0.25, -0.2) is 0 Å². The van der Waals surface area contributed by atoms with Crippen molar-refractivity contribution in [1.82, 2.24) is 0 Å². The molecule has 0 aromatic heterocycles. The number of fused-ring (bicyclic) bond motifs is 1. The maximum atomic E-state index is 11.6. The Morgan fingerprint density at radius 2 is 2.19 bits per heavy atom. The van der Waals surface area contributed by atoms with Gasteiger partial charge in [0.1, 0.15) is 0 Å². The molecule has 4 heteroatoms. The third kappa shape index (κ3) is 1.87. The number of para-hydroxylation sites is 1. The molecule has 0 spiro atoms. The van der Waals surface area contributed by atoms with Crippen LogP contribution in [0.25, 0.3) is 0 Å². The van der Waals surface area contributed by atoms with E-state index in [0.29, 0.717) is 11.6 Å². The molecule has 0 atom stereocenters. The van der Waals surface area contributed by atoms with Gasteiger partial charge >= 0.3 is 0 Å². The third-order valence-corrected chi connectivity index (χ3v) is 2.97. The molecular formula is C12H15ClN2O. The first kappa shape index (κ1) is 11.3. The van der Waals surface area contributed by atoms with Gasteiger partial charge in [-0.3, -0.25) is 4.79 Å². The van der Waals surface area contributed by atoms with Gasteiger partial charge in [0, 0.05) is 19.0 Å². The molecule has 16 heavy (non-hydrogen) atoms. The minimum Gasteiger partial charge on any atom is -0.377 e. The summed E-state index contributed by atoms with van der Waals surface area (Å²) in [4.78, 5) is 13.4. The number of rotatable bonds is 0. The van der Waals surface area contributed by atoms with E-state index in [0.717, 1.165) is 11.4 Å². The van der Waals surface area contributed by atoms with Gasteiger partial charge in [0.2, 0.25) is 5.91 Å². The van der Waals surface area contributed by atoms with Gasteiger partial charge in [-0.1, -0.05) is 17.7 Å². The average molecular weight is 239 g/mol. The van der Waals surface area contributed by atoms with Crippen molar-refractivity contribution in [3.63, 3.8) is 0 Å². The highest BCUT2D eigenvalue weighted by molar-refractivity contribution is 6.34. The summed E-state index contributed by atoms with van der Waals surface area (Å²) in [5, 5.41) is 3.99. The summed E-state index contributed by atoms with van der Waals surface area (Å²) in [5.41, 5.74) is 1.57. The third-order valence-electron chi connectivity index (χ3n) is 2.66. The Kier molecular flexibility index (Phi) is 2.58. The topological polar surface area (TPSA) is 32.3 Å². The molecule has 3 nitrogen and oxygen atoms in total. The zero-order valence-electron chi connectivity index (χ0n) is 9.67. The van der Waals surface area contributed by atoms with Crippen LogP contribution in [-0.2, 0) is 4.79 Å². The first-order valence-electron chi connectivity index (χ1n) is 5.25. The Morgan fingerprint density at radius 1 is 1.50 bits per heavy atom. The quantitative estimate of drug-likeness (QED) is 0.754. The van der Waals surface area contributed by atoms with Crippen LogP contribution in [0.1, 0.15) is 20.8 Å². The number of benzene rings is 1. The van der Waals surface area contributed by atoms with Crippen molar-refractivity contribution in [1.29, 1.82) is 0 Å². The molecule has 0 fully saturated rings. The molecule has 0 radical (unpaired) electrons. The predicted molar refractivity (Wildman–Crippen MR) is 67.2 cm³/mol.